The normalized spacial score (nSPS) is 12.2. The summed E-state index contributed by atoms with van der Waals surface area (Å²) in [6.45, 7) is 1.68. The summed E-state index contributed by atoms with van der Waals surface area (Å²) in [6, 6.07) is 6.55. The highest BCUT2D eigenvalue weighted by Crippen LogP contribution is 2.16. The van der Waals surface area contributed by atoms with Gasteiger partial charge in [-0.15, -0.1) is 0 Å². The van der Waals surface area contributed by atoms with Crippen molar-refractivity contribution in [3.8, 4) is 0 Å². The Bertz CT molecular complexity index is 404. The lowest BCUT2D eigenvalue weighted by Gasteiger charge is -1.97. The molecule has 13 heavy (non-hydrogen) atoms. The number of sulfone groups is 1. The van der Waals surface area contributed by atoms with Crippen molar-refractivity contribution in [1.29, 1.82) is 0 Å². The third-order valence-corrected chi connectivity index (χ3v) is 3.55. The molecule has 0 N–H and O–H groups in total. The first kappa shape index (κ1) is 10.5. The zero-order valence-electron chi connectivity index (χ0n) is 7.07. The van der Waals surface area contributed by atoms with Crippen molar-refractivity contribution in [3.05, 3.63) is 40.2 Å². The fourth-order valence-corrected chi connectivity index (χ4v) is 2.18. The van der Waals surface area contributed by atoms with E-state index in [2.05, 4.69) is 15.9 Å². The summed E-state index contributed by atoms with van der Waals surface area (Å²) >= 11 is 3.24. The first-order valence-corrected chi connectivity index (χ1v) is 6.03. The van der Waals surface area contributed by atoms with E-state index >= 15 is 0 Å². The smallest absolute Gasteiger partial charge is 0.199 e. The van der Waals surface area contributed by atoms with E-state index in [1.165, 1.54) is 11.5 Å². The van der Waals surface area contributed by atoms with Gasteiger partial charge in [0.15, 0.2) is 9.84 Å². The van der Waals surface area contributed by atoms with E-state index in [4.69, 9.17) is 0 Å². The average Bonchev–Trinajstić information content (AvgIpc) is 2.05. The molecule has 0 aliphatic carbocycles. The van der Waals surface area contributed by atoms with E-state index in [9.17, 15) is 8.42 Å². The van der Waals surface area contributed by atoms with Gasteiger partial charge in [0.05, 0.1) is 4.90 Å². The molecule has 2 nitrogen and oxygen atoms in total. The van der Waals surface area contributed by atoms with Crippen LogP contribution in [0.15, 0.2) is 45.1 Å². The quantitative estimate of drug-likeness (QED) is 0.820. The van der Waals surface area contributed by atoms with Gasteiger partial charge in [-0.1, -0.05) is 22.0 Å². The van der Waals surface area contributed by atoms with Gasteiger partial charge in [0.2, 0.25) is 0 Å². The van der Waals surface area contributed by atoms with Crippen LogP contribution >= 0.6 is 15.9 Å². The van der Waals surface area contributed by atoms with Crippen LogP contribution in [0.4, 0.5) is 0 Å². The van der Waals surface area contributed by atoms with Crippen LogP contribution in [0.25, 0.3) is 0 Å². The van der Waals surface area contributed by atoms with Gasteiger partial charge in [0, 0.05) is 9.88 Å². The van der Waals surface area contributed by atoms with Gasteiger partial charge >= 0.3 is 0 Å². The number of benzene rings is 1. The molecule has 0 heterocycles. The van der Waals surface area contributed by atoms with E-state index in [0.29, 0.717) is 4.90 Å². The average molecular weight is 261 g/mol. The van der Waals surface area contributed by atoms with E-state index in [1.807, 2.05) is 0 Å². The highest BCUT2D eigenvalue weighted by atomic mass is 79.9. The van der Waals surface area contributed by atoms with Crippen molar-refractivity contribution in [2.24, 2.45) is 0 Å². The largest absolute Gasteiger partial charge is 0.219 e. The second-order valence-corrected chi connectivity index (χ2v) is 5.22. The van der Waals surface area contributed by atoms with Gasteiger partial charge in [0.1, 0.15) is 0 Å². The summed E-state index contributed by atoms with van der Waals surface area (Å²) in [4.78, 5) is 0.314. The molecule has 0 aliphatic rings. The zero-order valence-corrected chi connectivity index (χ0v) is 9.47. The van der Waals surface area contributed by atoms with Gasteiger partial charge in [-0.05, 0) is 31.2 Å². The molecule has 1 aromatic rings. The van der Waals surface area contributed by atoms with Gasteiger partial charge in [-0.25, -0.2) is 8.42 Å². The van der Waals surface area contributed by atoms with E-state index in [-0.39, 0.29) is 0 Å². The molecule has 0 aliphatic heterocycles. The molecule has 1 rings (SSSR count). The molecule has 0 aromatic heterocycles. The molecule has 70 valence electrons. The molecule has 1 aromatic carbocycles. The highest BCUT2D eigenvalue weighted by molar-refractivity contribution is 9.10. The molecule has 0 spiro atoms. The van der Waals surface area contributed by atoms with E-state index in [1.54, 1.807) is 31.2 Å². The number of halogens is 1. The molecular weight excluding hydrogens is 252 g/mol. The molecule has 0 unspecified atom stereocenters. The van der Waals surface area contributed by atoms with Gasteiger partial charge in [-0.2, -0.15) is 0 Å². The summed E-state index contributed by atoms with van der Waals surface area (Å²) < 4.78 is 23.8. The van der Waals surface area contributed by atoms with Gasteiger partial charge in [-0.3, -0.25) is 0 Å². The lowest BCUT2D eigenvalue weighted by molar-refractivity contribution is 0.604. The van der Waals surface area contributed by atoms with E-state index in [0.717, 1.165) is 4.47 Å². The first-order chi connectivity index (χ1) is 6.06. The van der Waals surface area contributed by atoms with Crippen molar-refractivity contribution in [2.45, 2.75) is 11.8 Å². The summed E-state index contributed by atoms with van der Waals surface area (Å²) in [5, 5.41) is 1.19. The minimum Gasteiger partial charge on any atom is -0.219 e. The molecule has 0 atom stereocenters. The predicted molar refractivity (Wildman–Crippen MR) is 56.1 cm³/mol. The minimum atomic E-state index is -3.23. The van der Waals surface area contributed by atoms with E-state index < -0.39 is 9.84 Å². The van der Waals surface area contributed by atoms with Crippen LogP contribution in [0.1, 0.15) is 6.92 Å². The molecule has 0 bridgehead atoms. The third-order valence-electron chi connectivity index (χ3n) is 1.46. The first-order valence-electron chi connectivity index (χ1n) is 3.69. The van der Waals surface area contributed by atoms with Crippen molar-refractivity contribution in [1.82, 2.24) is 0 Å². The van der Waals surface area contributed by atoms with Crippen LogP contribution in [0, 0.1) is 0 Å². The van der Waals surface area contributed by atoms with Crippen LogP contribution in [0.2, 0.25) is 0 Å². The Kier molecular flexibility index (Phi) is 3.27. The molecule has 0 amide bonds. The topological polar surface area (TPSA) is 34.1 Å². The fourth-order valence-electron chi connectivity index (χ4n) is 0.882. The summed E-state index contributed by atoms with van der Waals surface area (Å²) in [6.07, 6.45) is 1.51. The minimum absolute atomic E-state index is 0.314. The maximum absolute atomic E-state index is 11.4. The van der Waals surface area contributed by atoms with Crippen LogP contribution in [0.3, 0.4) is 0 Å². The number of hydrogen-bond acceptors (Lipinski definition) is 2. The Labute approximate surface area is 86.3 Å². The van der Waals surface area contributed by atoms with Crippen molar-refractivity contribution in [2.75, 3.05) is 0 Å². The molecule has 0 saturated heterocycles. The van der Waals surface area contributed by atoms with Crippen LogP contribution in [-0.4, -0.2) is 8.42 Å². The monoisotopic (exact) mass is 260 g/mol. The molecular formula is C9H9BrO2S. The summed E-state index contributed by atoms with van der Waals surface area (Å²) in [5.74, 6) is 0. The lowest BCUT2D eigenvalue weighted by Crippen LogP contribution is -1.94. The van der Waals surface area contributed by atoms with Crippen LogP contribution < -0.4 is 0 Å². The summed E-state index contributed by atoms with van der Waals surface area (Å²) in [5.41, 5.74) is 0. The van der Waals surface area contributed by atoms with Crippen molar-refractivity contribution < 1.29 is 8.42 Å². The predicted octanol–water partition coefficient (Wildman–Crippen LogP) is 2.76. The van der Waals surface area contributed by atoms with Gasteiger partial charge in [0.25, 0.3) is 0 Å². The molecule has 0 fully saturated rings. The molecule has 0 saturated carbocycles. The number of hydrogen-bond donors (Lipinski definition) is 0. The number of rotatable bonds is 2. The van der Waals surface area contributed by atoms with Crippen LogP contribution in [-0.2, 0) is 9.84 Å². The van der Waals surface area contributed by atoms with Crippen molar-refractivity contribution >= 4 is 25.8 Å². The Balaban J connectivity index is 3.17. The SMILES string of the molecule is C/C=C/S(=O)(=O)c1ccc(Br)cc1. The molecule has 4 heteroatoms. The zero-order chi connectivity index (χ0) is 9.90. The fraction of sp³-hybridized carbons (Fsp3) is 0.111. The van der Waals surface area contributed by atoms with Gasteiger partial charge < -0.3 is 0 Å². The standard InChI is InChI=1S/C9H9BrO2S/c1-2-7-13(11,12)9-5-3-8(10)4-6-9/h2-7H,1H3/b7-2+. The Hall–Kier alpha value is -0.610. The maximum atomic E-state index is 11.4. The number of allylic oxidation sites excluding steroid dienone is 1. The molecule has 0 radical (unpaired) electrons. The third kappa shape index (κ3) is 2.67. The van der Waals surface area contributed by atoms with Crippen molar-refractivity contribution in [3.63, 3.8) is 0 Å². The Morgan fingerprint density at radius 2 is 1.77 bits per heavy atom. The van der Waals surface area contributed by atoms with Crippen LogP contribution in [0.5, 0.6) is 0 Å². The second-order valence-electron chi connectivity index (χ2n) is 2.47. The Morgan fingerprint density at radius 3 is 2.23 bits per heavy atom. The second kappa shape index (κ2) is 4.07. The summed E-state index contributed by atoms with van der Waals surface area (Å²) in [7, 11) is -3.23. The maximum Gasteiger partial charge on any atom is 0.199 e. The highest BCUT2D eigenvalue weighted by Gasteiger charge is 2.08. The lowest BCUT2D eigenvalue weighted by atomic mass is 10.4. The Morgan fingerprint density at radius 1 is 1.23 bits per heavy atom.